The monoisotopic (exact) mass is 386 g/mol. The van der Waals surface area contributed by atoms with Crippen molar-refractivity contribution in [3.8, 4) is 0 Å². The molecular weight excluding hydrogens is 359 g/mol. The van der Waals surface area contributed by atoms with E-state index in [1.54, 1.807) is 0 Å². The van der Waals surface area contributed by atoms with Crippen molar-refractivity contribution in [3.05, 3.63) is 30.1 Å². The first-order valence-corrected chi connectivity index (χ1v) is 8.59. The number of nitrogens with one attached hydrogen (secondary N) is 3. The summed E-state index contributed by atoms with van der Waals surface area (Å²) in [5.41, 5.74) is 1.96. The van der Waals surface area contributed by atoms with Crippen LogP contribution in [0, 0.1) is 5.92 Å². The Hall–Kier alpha value is -1.30. The molecule has 3 rings (SSSR count). The van der Waals surface area contributed by atoms with Gasteiger partial charge in [-0.3, -0.25) is 4.79 Å². The zero-order chi connectivity index (χ0) is 16.2. The van der Waals surface area contributed by atoms with Crippen molar-refractivity contribution in [3.63, 3.8) is 0 Å². The molecule has 2 aromatic rings. The summed E-state index contributed by atoms with van der Waals surface area (Å²) in [6.45, 7) is 5.36. The number of nitrogens with zero attached hydrogens (tertiary/aromatic N) is 1. The zero-order valence-electron chi connectivity index (χ0n) is 14.7. The number of aromatic nitrogens is 2. The van der Waals surface area contributed by atoms with E-state index in [1.165, 1.54) is 0 Å². The second kappa shape index (κ2) is 10.00. The van der Waals surface area contributed by atoms with Gasteiger partial charge in [0.05, 0.1) is 17.1 Å². The van der Waals surface area contributed by atoms with Gasteiger partial charge in [-0.15, -0.1) is 24.8 Å². The first-order valence-electron chi connectivity index (χ1n) is 8.59. The second-order valence-electron chi connectivity index (χ2n) is 6.89. The fourth-order valence-corrected chi connectivity index (χ4v) is 3.26. The Morgan fingerprint density at radius 1 is 1.32 bits per heavy atom. The molecule has 1 aliphatic rings. The number of halogens is 2. The van der Waals surface area contributed by atoms with E-state index in [0.29, 0.717) is 18.4 Å². The smallest absolute Gasteiger partial charge is 0.222 e. The number of imidazole rings is 1. The Labute approximate surface area is 161 Å². The van der Waals surface area contributed by atoms with Crippen molar-refractivity contribution in [2.75, 3.05) is 6.54 Å². The molecule has 1 aromatic heterocycles. The molecule has 3 N–H and O–H groups in total. The van der Waals surface area contributed by atoms with Crippen LogP contribution in [0.1, 0.15) is 51.4 Å². The van der Waals surface area contributed by atoms with E-state index in [0.717, 1.165) is 42.7 Å². The molecule has 1 aliphatic heterocycles. The highest BCUT2D eigenvalue weighted by molar-refractivity contribution is 5.85. The maximum Gasteiger partial charge on any atom is 0.222 e. The van der Waals surface area contributed by atoms with Crippen LogP contribution in [0.2, 0.25) is 0 Å². The quantitative estimate of drug-likeness (QED) is 0.707. The lowest BCUT2D eigenvalue weighted by Crippen LogP contribution is -2.35. The Balaban J connectivity index is 0.00000156. The van der Waals surface area contributed by atoms with Crippen molar-refractivity contribution >= 4 is 41.8 Å². The minimum atomic E-state index is -0.0590. The van der Waals surface area contributed by atoms with Crippen LogP contribution >= 0.6 is 24.8 Å². The van der Waals surface area contributed by atoms with Crippen LogP contribution in [-0.2, 0) is 4.79 Å². The highest BCUT2D eigenvalue weighted by atomic mass is 35.5. The number of hydrogen-bond donors (Lipinski definition) is 3. The average molecular weight is 387 g/mol. The molecule has 0 aliphatic carbocycles. The Morgan fingerprint density at radius 3 is 2.72 bits per heavy atom. The summed E-state index contributed by atoms with van der Waals surface area (Å²) >= 11 is 0. The molecule has 2 atom stereocenters. The second-order valence-corrected chi connectivity index (χ2v) is 6.89. The van der Waals surface area contributed by atoms with Gasteiger partial charge in [0, 0.05) is 12.5 Å². The van der Waals surface area contributed by atoms with Gasteiger partial charge in [-0.05, 0) is 43.9 Å². The van der Waals surface area contributed by atoms with E-state index in [4.69, 9.17) is 0 Å². The van der Waals surface area contributed by atoms with E-state index in [2.05, 4.69) is 34.4 Å². The van der Waals surface area contributed by atoms with Crippen LogP contribution in [0.3, 0.4) is 0 Å². The lowest BCUT2D eigenvalue weighted by molar-refractivity contribution is -0.122. The summed E-state index contributed by atoms with van der Waals surface area (Å²) in [6, 6.07) is 8.25. The van der Waals surface area contributed by atoms with Crippen LogP contribution in [0.15, 0.2) is 24.3 Å². The fourth-order valence-electron chi connectivity index (χ4n) is 3.26. The highest BCUT2D eigenvalue weighted by Crippen LogP contribution is 2.22. The van der Waals surface area contributed by atoms with E-state index < -0.39 is 0 Å². The van der Waals surface area contributed by atoms with Gasteiger partial charge in [0.1, 0.15) is 5.82 Å². The van der Waals surface area contributed by atoms with Crippen LogP contribution in [0.5, 0.6) is 0 Å². The van der Waals surface area contributed by atoms with Crippen molar-refractivity contribution in [2.24, 2.45) is 5.92 Å². The normalized spacial score (nSPS) is 17.8. The van der Waals surface area contributed by atoms with Gasteiger partial charge in [0.25, 0.3) is 0 Å². The van der Waals surface area contributed by atoms with E-state index >= 15 is 0 Å². The van der Waals surface area contributed by atoms with Gasteiger partial charge in [0.2, 0.25) is 5.91 Å². The number of amides is 1. The molecule has 2 unspecified atom stereocenters. The maximum absolute atomic E-state index is 12.4. The summed E-state index contributed by atoms with van der Waals surface area (Å²) < 4.78 is 0. The number of H-pyrrole nitrogens is 1. The van der Waals surface area contributed by atoms with Gasteiger partial charge >= 0.3 is 0 Å². The summed E-state index contributed by atoms with van der Waals surface area (Å²) in [5.74, 6) is 1.45. The minimum absolute atomic E-state index is 0. The molecule has 5 nitrogen and oxygen atoms in total. The molecule has 140 valence electrons. The van der Waals surface area contributed by atoms with Crippen molar-refractivity contribution in [2.45, 2.75) is 51.6 Å². The number of aromatic amines is 1. The number of fused-ring (bicyclic) bond motifs is 1. The molecule has 0 radical (unpaired) electrons. The third-order valence-electron chi connectivity index (χ3n) is 4.37. The summed E-state index contributed by atoms with van der Waals surface area (Å²) in [6.07, 6.45) is 3.68. The van der Waals surface area contributed by atoms with Gasteiger partial charge in [0.15, 0.2) is 0 Å². The lowest BCUT2D eigenvalue weighted by Gasteiger charge is -2.20. The summed E-state index contributed by atoms with van der Waals surface area (Å²) in [5, 5.41) is 6.56. The number of rotatable bonds is 6. The predicted octanol–water partition coefficient (Wildman–Crippen LogP) is 3.75. The Kier molecular flexibility index (Phi) is 8.69. The molecule has 1 amide bonds. The number of carbonyl (C=O) groups excluding carboxylic acids is 1. The van der Waals surface area contributed by atoms with Crippen molar-refractivity contribution in [1.29, 1.82) is 0 Å². The number of carbonyl (C=O) groups is 1. The minimum Gasteiger partial charge on any atom is -0.346 e. The van der Waals surface area contributed by atoms with Crippen LogP contribution in [0.4, 0.5) is 0 Å². The van der Waals surface area contributed by atoms with Crippen LogP contribution < -0.4 is 10.6 Å². The van der Waals surface area contributed by atoms with Crippen LogP contribution in [0.25, 0.3) is 11.0 Å². The van der Waals surface area contributed by atoms with Gasteiger partial charge < -0.3 is 15.6 Å². The molecule has 2 heterocycles. The number of hydrogen-bond acceptors (Lipinski definition) is 3. The lowest BCUT2D eigenvalue weighted by atomic mass is 10.0. The van der Waals surface area contributed by atoms with E-state index in [-0.39, 0.29) is 36.8 Å². The van der Waals surface area contributed by atoms with E-state index in [1.807, 2.05) is 24.3 Å². The average Bonchev–Trinajstić information content (AvgIpc) is 3.14. The SMILES string of the molecule is CC(C)CC(NC(=O)CC1CCCN1)c1nc2ccccc2[nH]1.Cl.Cl. The van der Waals surface area contributed by atoms with Crippen molar-refractivity contribution in [1.82, 2.24) is 20.6 Å². The molecule has 1 saturated heterocycles. The molecule has 0 bridgehead atoms. The zero-order valence-corrected chi connectivity index (χ0v) is 16.4. The Morgan fingerprint density at radius 2 is 2.08 bits per heavy atom. The first-order chi connectivity index (χ1) is 11.1. The van der Waals surface area contributed by atoms with Crippen molar-refractivity contribution < 1.29 is 4.79 Å². The predicted molar refractivity (Wildman–Crippen MR) is 107 cm³/mol. The summed E-state index contributed by atoms with van der Waals surface area (Å²) in [7, 11) is 0. The van der Waals surface area contributed by atoms with Crippen LogP contribution in [-0.4, -0.2) is 28.5 Å². The third kappa shape index (κ3) is 5.87. The molecule has 1 fully saturated rings. The Bertz CT molecular complexity index is 635. The number of para-hydroxylation sites is 2. The fraction of sp³-hybridized carbons (Fsp3) is 0.556. The highest BCUT2D eigenvalue weighted by Gasteiger charge is 2.23. The molecule has 7 heteroatoms. The van der Waals surface area contributed by atoms with Gasteiger partial charge in [-0.25, -0.2) is 4.98 Å². The van der Waals surface area contributed by atoms with Gasteiger partial charge in [-0.1, -0.05) is 26.0 Å². The largest absolute Gasteiger partial charge is 0.346 e. The molecule has 25 heavy (non-hydrogen) atoms. The number of benzene rings is 1. The maximum atomic E-state index is 12.4. The summed E-state index contributed by atoms with van der Waals surface area (Å²) in [4.78, 5) is 20.4. The first kappa shape index (κ1) is 21.7. The third-order valence-corrected chi connectivity index (χ3v) is 4.37. The standard InChI is InChI=1S/C18H26N4O.2ClH/c1-12(2)10-16(20-17(23)11-13-6-5-9-19-13)18-21-14-7-3-4-8-15(14)22-18;;/h3-4,7-8,12-13,16,19H,5-6,9-11H2,1-2H3,(H,20,23)(H,21,22);2*1H. The van der Waals surface area contributed by atoms with E-state index in [9.17, 15) is 4.79 Å². The molecule has 0 spiro atoms. The molecular formula is C18H28Cl2N4O. The topological polar surface area (TPSA) is 69.8 Å². The van der Waals surface area contributed by atoms with Gasteiger partial charge in [-0.2, -0.15) is 0 Å². The molecule has 1 aromatic carbocycles. The molecule has 0 saturated carbocycles.